The van der Waals surface area contributed by atoms with Crippen molar-refractivity contribution in [2.45, 2.75) is 25.2 Å². The number of aromatic nitrogens is 1. The van der Waals surface area contributed by atoms with Crippen molar-refractivity contribution in [2.75, 3.05) is 24.5 Å². The lowest BCUT2D eigenvalue weighted by Gasteiger charge is -2.19. The SMILES string of the molecule is Cc1noc(C)c1S(=O)(=O)NCCN1CCc2ccccc21. The molecule has 0 aliphatic carbocycles. The molecule has 118 valence electrons. The van der Waals surface area contributed by atoms with Crippen LogP contribution >= 0.6 is 0 Å². The van der Waals surface area contributed by atoms with Crippen LogP contribution in [-0.4, -0.2) is 33.2 Å². The van der Waals surface area contributed by atoms with Gasteiger partial charge in [-0.15, -0.1) is 0 Å². The third-order valence-electron chi connectivity index (χ3n) is 3.89. The lowest BCUT2D eigenvalue weighted by molar-refractivity contribution is 0.390. The highest BCUT2D eigenvalue weighted by molar-refractivity contribution is 7.89. The molecule has 1 aliphatic rings. The van der Waals surface area contributed by atoms with Crippen LogP contribution in [-0.2, 0) is 16.4 Å². The van der Waals surface area contributed by atoms with Crippen molar-refractivity contribution in [3.8, 4) is 0 Å². The van der Waals surface area contributed by atoms with Gasteiger partial charge in [-0.25, -0.2) is 13.1 Å². The fourth-order valence-corrected chi connectivity index (χ4v) is 4.23. The van der Waals surface area contributed by atoms with Crippen LogP contribution in [0.3, 0.4) is 0 Å². The van der Waals surface area contributed by atoms with E-state index in [-0.39, 0.29) is 4.90 Å². The van der Waals surface area contributed by atoms with Gasteiger partial charge in [-0.2, -0.15) is 0 Å². The largest absolute Gasteiger partial charge is 0.370 e. The Morgan fingerprint density at radius 1 is 1.32 bits per heavy atom. The molecule has 1 aliphatic heterocycles. The number of para-hydroxylation sites is 1. The Morgan fingerprint density at radius 2 is 2.09 bits per heavy atom. The van der Waals surface area contributed by atoms with Crippen molar-refractivity contribution in [2.24, 2.45) is 0 Å². The molecule has 7 heteroatoms. The predicted molar refractivity (Wildman–Crippen MR) is 83.5 cm³/mol. The summed E-state index contributed by atoms with van der Waals surface area (Å²) in [5.41, 5.74) is 2.90. The number of hydrogen-bond acceptors (Lipinski definition) is 5. The number of sulfonamides is 1. The van der Waals surface area contributed by atoms with E-state index in [1.165, 1.54) is 11.3 Å². The average molecular weight is 321 g/mol. The van der Waals surface area contributed by atoms with Crippen LogP contribution in [0, 0.1) is 13.8 Å². The lowest BCUT2D eigenvalue weighted by atomic mass is 10.2. The molecule has 0 radical (unpaired) electrons. The second-order valence-electron chi connectivity index (χ2n) is 5.42. The molecule has 0 bridgehead atoms. The fourth-order valence-electron chi connectivity index (χ4n) is 2.88. The first kappa shape index (κ1) is 15.1. The third kappa shape index (κ3) is 2.74. The van der Waals surface area contributed by atoms with Gasteiger partial charge in [-0.05, 0) is 31.9 Å². The number of hydrogen-bond donors (Lipinski definition) is 1. The normalized spacial score (nSPS) is 14.4. The molecule has 6 nitrogen and oxygen atoms in total. The number of benzene rings is 1. The summed E-state index contributed by atoms with van der Waals surface area (Å²) in [6.45, 7) is 5.14. The van der Waals surface area contributed by atoms with Gasteiger partial charge in [0.05, 0.1) is 0 Å². The number of aryl methyl sites for hydroxylation is 2. The number of nitrogens with one attached hydrogen (secondary N) is 1. The van der Waals surface area contributed by atoms with E-state index < -0.39 is 10.0 Å². The molecule has 0 saturated heterocycles. The fraction of sp³-hybridized carbons (Fsp3) is 0.400. The highest BCUT2D eigenvalue weighted by atomic mass is 32.2. The van der Waals surface area contributed by atoms with Gasteiger partial charge in [0, 0.05) is 25.3 Å². The van der Waals surface area contributed by atoms with E-state index in [2.05, 4.69) is 26.9 Å². The molecular weight excluding hydrogens is 302 g/mol. The Morgan fingerprint density at radius 3 is 2.82 bits per heavy atom. The Hall–Kier alpha value is -1.86. The van der Waals surface area contributed by atoms with E-state index in [9.17, 15) is 8.42 Å². The van der Waals surface area contributed by atoms with Crippen LogP contribution in [0.2, 0.25) is 0 Å². The molecule has 0 fully saturated rings. The summed E-state index contributed by atoms with van der Waals surface area (Å²) in [5.74, 6) is 0.316. The molecule has 3 rings (SSSR count). The number of anilines is 1. The molecule has 0 saturated carbocycles. The first-order chi connectivity index (χ1) is 10.5. The van der Waals surface area contributed by atoms with E-state index in [1.807, 2.05) is 12.1 Å². The molecule has 0 amide bonds. The van der Waals surface area contributed by atoms with Gasteiger partial charge in [0.2, 0.25) is 10.0 Å². The third-order valence-corrected chi connectivity index (χ3v) is 5.60. The Balaban J connectivity index is 1.65. The van der Waals surface area contributed by atoms with Gasteiger partial charge in [0.25, 0.3) is 0 Å². The van der Waals surface area contributed by atoms with Gasteiger partial charge in [-0.1, -0.05) is 23.4 Å². The Bertz CT molecular complexity index is 764. The molecule has 0 unspecified atom stereocenters. The number of fused-ring (bicyclic) bond motifs is 1. The molecule has 0 spiro atoms. The molecule has 1 aromatic carbocycles. The minimum atomic E-state index is -3.58. The quantitative estimate of drug-likeness (QED) is 0.906. The van der Waals surface area contributed by atoms with Crippen molar-refractivity contribution in [3.63, 3.8) is 0 Å². The molecule has 1 N–H and O–H groups in total. The van der Waals surface area contributed by atoms with Gasteiger partial charge in [-0.3, -0.25) is 0 Å². The Kier molecular flexibility index (Phi) is 3.92. The van der Waals surface area contributed by atoms with Crippen LogP contribution in [0.15, 0.2) is 33.7 Å². The Labute approximate surface area is 130 Å². The van der Waals surface area contributed by atoms with Crippen LogP contribution < -0.4 is 9.62 Å². The minimum Gasteiger partial charge on any atom is -0.370 e. The van der Waals surface area contributed by atoms with Crippen molar-refractivity contribution in [1.29, 1.82) is 0 Å². The van der Waals surface area contributed by atoms with Crippen LogP contribution in [0.25, 0.3) is 0 Å². The molecule has 2 heterocycles. The highest BCUT2D eigenvalue weighted by Gasteiger charge is 2.24. The first-order valence-corrected chi connectivity index (χ1v) is 8.73. The number of nitrogens with zero attached hydrogens (tertiary/aromatic N) is 2. The van der Waals surface area contributed by atoms with Gasteiger partial charge >= 0.3 is 0 Å². The van der Waals surface area contributed by atoms with Crippen LogP contribution in [0.4, 0.5) is 5.69 Å². The topological polar surface area (TPSA) is 75.4 Å². The maximum absolute atomic E-state index is 12.3. The lowest BCUT2D eigenvalue weighted by Crippen LogP contribution is -2.34. The summed E-state index contributed by atoms with van der Waals surface area (Å²) >= 11 is 0. The maximum Gasteiger partial charge on any atom is 0.246 e. The van der Waals surface area contributed by atoms with E-state index >= 15 is 0 Å². The summed E-state index contributed by atoms with van der Waals surface area (Å²) in [6, 6.07) is 8.22. The van der Waals surface area contributed by atoms with E-state index in [0.29, 0.717) is 24.5 Å². The van der Waals surface area contributed by atoms with E-state index in [4.69, 9.17) is 4.52 Å². The maximum atomic E-state index is 12.3. The second kappa shape index (κ2) is 5.73. The molecule has 2 aromatic rings. The predicted octanol–water partition coefficient (Wildman–Crippen LogP) is 1.63. The van der Waals surface area contributed by atoms with Crippen molar-refractivity contribution in [3.05, 3.63) is 41.3 Å². The zero-order valence-electron chi connectivity index (χ0n) is 12.7. The van der Waals surface area contributed by atoms with Gasteiger partial charge < -0.3 is 9.42 Å². The molecule has 0 atom stereocenters. The van der Waals surface area contributed by atoms with Crippen LogP contribution in [0.5, 0.6) is 0 Å². The van der Waals surface area contributed by atoms with Crippen molar-refractivity contribution in [1.82, 2.24) is 9.88 Å². The zero-order chi connectivity index (χ0) is 15.7. The van der Waals surface area contributed by atoms with Crippen molar-refractivity contribution < 1.29 is 12.9 Å². The molecule has 1 aromatic heterocycles. The highest BCUT2D eigenvalue weighted by Crippen LogP contribution is 2.26. The molecule has 22 heavy (non-hydrogen) atoms. The second-order valence-corrected chi connectivity index (χ2v) is 7.12. The smallest absolute Gasteiger partial charge is 0.246 e. The van der Waals surface area contributed by atoms with Crippen LogP contribution in [0.1, 0.15) is 17.0 Å². The monoisotopic (exact) mass is 321 g/mol. The minimum absolute atomic E-state index is 0.148. The molecular formula is C15H19N3O3S. The summed E-state index contributed by atoms with van der Waals surface area (Å²) in [5, 5.41) is 3.69. The number of rotatable bonds is 5. The summed E-state index contributed by atoms with van der Waals surface area (Å²) in [7, 11) is -3.58. The summed E-state index contributed by atoms with van der Waals surface area (Å²) in [6.07, 6.45) is 1.01. The van der Waals surface area contributed by atoms with Gasteiger partial charge in [0.15, 0.2) is 5.76 Å². The van der Waals surface area contributed by atoms with E-state index in [0.717, 1.165) is 13.0 Å². The summed E-state index contributed by atoms with van der Waals surface area (Å²) in [4.78, 5) is 2.35. The van der Waals surface area contributed by atoms with Gasteiger partial charge in [0.1, 0.15) is 10.6 Å². The standard InChI is InChI=1S/C15H19N3O3S/c1-11-15(12(2)21-17-11)22(19,20)16-8-10-18-9-7-13-5-3-4-6-14(13)18/h3-6,16H,7-10H2,1-2H3. The van der Waals surface area contributed by atoms with Crippen molar-refractivity contribution >= 4 is 15.7 Å². The summed E-state index contributed by atoms with van der Waals surface area (Å²) < 4.78 is 32.2. The first-order valence-electron chi connectivity index (χ1n) is 7.24. The zero-order valence-corrected chi connectivity index (χ0v) is 13.5. The average Bonchev–Trinajstić information content (AvgIpc) is 3.03. The van der Waals surface area contributed by atoms with E-state index in [1.54, 1.807) is 13.8 Å².